The van der Waals surface area contributed by atoms with Gasteiger partial charge in [0.2, 0.25) is 0 Å². The number of anilines is 1. The summed E-state index contributed by atoms with van der Waals surface area (Å²) in [6, 6.07) is 0. The maximum Gasteiger partial charge on any atom is 0.257 e. The number of ether oxygens (including phenoxy) is 1. The molecule has 0 spiro atoms. The van der Waals surface area contributed by atoms with Crippen molar-refractivity contribution in [3.63, 3.8) is 0 Å². The van der Waals surface area contributed by atoms with Crippen molar-refractivity contribution in [1.82, 2.24) is 29.7 Å². The fraction of sp³-hybridized carbons (Fsp3) is 0.400. The average Bonchev–Trinajstić information content (AvgIpc) is 3.24. The molecule has 4 heterocycles. The Bertz CT molecular complexity index is 926. The van der Waals surface area contributed by atoms with Gasteiger partial charge in [0.25, 0.3) is 5.91 Å². The standard InChI is InChI=1S/C15H17N7O3/c1-2-22-12-9(15(23)21-3-5-24-6-4-21)7-17-8-10(12)18-14(22)11-13(16)20-25-19-11/h7-8H,2-6H2,1H3,(H2,16,20). The number of nitrogen functional groups attached to an aromatic ring is 1. The highest BCUT2D eigenvalue weighted by atomic mass is 16.6. The molecule has 0 saturated carbocycles. The third kappa shape index (κ3) is 2.50. The van der Waals surface area contributed by atoms with Crippen molar-refractivity contribution < 1.29 is 14.2 Å². The van der Waals surface area contributed by atoms with Crippen molar-refractivity contribution in [3.05, 3.63) is 18.0 Å². The summed E-state index contributed by atoms with van der Waals surface area (Å²) in [6.45, 7) is 4.72. The van der Waals surface area contributed by atoms with Crippen LogP contribution in [-0.2, 0) is 11.3 Å². The van der Waals surface area contributed by atoms with Crippen LogP contribution in [0, 0.1) is 0 Å². The van der Waals surface area contributed by atoms with Crippen LogP contribution in [0.15, 0.2) is 17.0 Å². The Morgan fingerprint density at radius 2 is 2.08 bits per heavy atom. The number of morpholine rings is 1. The lowest BCUT2D eigenvalue weighted by Crippen LogP contribution is -2.40. The Morgan fingerprint density at radius 1 is 1.28 bits per heavy atom. The molecule has 0 aliphatic carbocycles. The molecular weight excluding hydrogens is 326 g/mol. The lowest BCUT2D eigenvalue weighted by Gasteiger charge is -2.27. The number of hydrogen-bond acceptors (Lipinski definition) is 8. The van der Waals surface area contributed by atoms with Gasteiger partial charge >= 0.3 is 0 Å². The second kappa shape index (κ2) is 6.13. The molecule has 1 aliphatic heterocycles. The van der Waals surface area contributed by atoms with E-state index in [4.69, 9.17) is 10.5 Å². The van der Waals surface area contributed by atoms with Crippen LogP contribution in [0.2, 0.25) is 0 Å². The van der Waals surface area contributed by atoms with E-state index in [1.54, 1.807) is 17.3 Å². The van der Waals surface area contributed by atoms with E-state index < -0.39 is 0 Å². The molecule has 3 aromatic rings. The van der Waals surface area contributed by atoms with Gasteiger partial charge in [-0.2, -0.15) is 0 Å². The number of nitrogens with two attached hydrogens (primary N) is 1. The van der Waals surface area contributed by atoms with Gasteiger partial charge in [0.1, 0.15) is 5.52 Å². The number of rotatable bonds is 3. The minimum Gasteiger partial charge on any atom is -0.379 e. The fourth-order valence-corrected chi connectivity index (χ4v) is 3.02. The van der Waals surface area contributed by atoms with Crippen molar-refractivity contribution in [3.8, 4) is 11.5 Å². The van der Waals surface area contributed by atoms with Crippen LogP contribution in [0.3, 0.4) is 0 Å². The largest absolute Gasteiger partial charge is 0.379 e. The first-order valence-electron chi connectivity index (χ1n) is 8.00. The van der Waals surface area contributed by atoms with Gasteiger partial charge in [0.15, 0.2) is 17.3 Å². The molecule has 1 amide bonds. The third-order valence-electron chi connectivity index (χ3n) is 4.22. The molecule has 10 nitrogen and oxygen atoms in total. The van der Waals surface area contributed by atoms with Crippen LogP contribution in [0.1, 0.15) is 17.3 Å². The van der Waals surface area contributed by atoms with Crippen LogP contribution in [0.5, 0.6) is 0 Å². The Kier molecular flexibility index (Phi) is 3.80. The lowest BCUT2D eigenvalue weighted by atomic mass is 10.2. The van der Waals surface area contributed by atoms with Crippen LogP contribution >= 0.6 is 0 Å². The van der Waals surface area contributed by atoms with Gasteiger partial charge in [-0.05, 0) is 17.2 Å². The first kappa shape index (κ1) is 15.5. The molecule has 1 saturated heterocycles. The minimum atomic E-state index is -0.0891. The summed E-state index contributed by atoms with van der Waals surface area (Å²) in [6.07, 6.45) is 3.19. The topological polar surface area (TPSA) is 125 Å². The molecule has 3 aromatic heterocycles. The van der Waals surface area contributed by atoms with Crippen molar-refractivity contribution >= 4 is 22.8 Å². The molecule has 0 bridgehead atoms. The van der Waals surface area contributed by atoms with Crippen molar-refractivity contribution in [2.45, 2.75) is 13.5 Å². The Hall–Kier alpha value is -3.01. The number of carbonyl (C=O) groups excluding carboxylic acids is 1. The second-order valence-electron chi connectivity index (χ2n) is 5.64. The summed E-state index contributed by atoms with van der Waals surface area (Å²) < 4.78 is 11.9. The summed E-state index contributed by atoms with van der Waals surface area (Å²) >= 11 is 0. The molecule has 1 aliphatic rings. The van der Waals surface area contributed by atoms with E-state index in [1.165, 1.54) is 0 Å². The van der Waals surface area contributed by atoms with Gasteiger partial charge in [-0.1, -0.05) is 0 Å². The summed E-state index contributed by atoms with van der Waals surface area (Å²) in [4.78, 5) is 23.4. The molecule has 25 heavy (non-hydrogen) atoms. The van der Waals surface area contributed by atoms with Crippen LogP contribution < -0.4 is 5.73 Å². The summed E-state index contributed by atoms with van der Waals surface area (Å²) in [5, 5.41) is 7.43. The number of amides is 1. The highest BCUT2D eigenvalue weighted by molar-refractivity contribution is 6.05. The van der Waals surface area contributed by atoms with Crippen LogP contribution in [0.25, 0.3) is 22.6 Å². The number of carbonyl (C=O) groups is 1. The first-order chi connectivity index (χ1) is 12.2. The zero-order valence-electron chi connectivity index (χ0n) is 13.7. The number of aromatic nitrogens is 5. The monoisotopic (exact) mass is 343 g/mol. The molecule has 10 heteroatoms. The van der Waals surface area contributed by atoms with Crippen molar-refractivity contribution in [1.29, 1.82) is 0 Å². The number of hydrogen-bond donors (Lipinski definition) is 1. The zero-order valence-corrected chi connectivity index (χ0v) is 13.7. The van der Waals surface area contributed by atoms with E-state index in [0.29, 0.717) is 61.0 Å². The Morgan fingerprint density at radius 3 is 2.76 bits per heavy atom. The maximum atomic E-state index is 13.0. The summed E-state index contributed by atoms with van der Waals surface area (Å²) in [5.74, 6) is 0.563. The minimum absolute atomic E-state index is 0.0891. The van der Waals surface area contributed by atoms with Crippen molar-refractivity contribution in [2.24, 2.45) is 0 Å². The molecule has 1 fully saturated rings. The SMILES string of the molecule is CCn1c(-c2nonc2N)nc2cncc(C(=O)N3CCOCC3)c21. The molecule has 0 radical (unpaired) electrons. The first-order valence-corrected chi connectivity index (χ1v) is 8.00. The van der Waals surface area contributed by atoms with Gasteiger partial charge < -0.3 is 19.9 Å². The Labute approximate surface area is 142 Å². The normalized spacial score (nSPS) is 15.0. The number of pyridine rings is 1. The van der Waals surface area contributed by atoms with Gasteiger partial charge in [-0.3, -0.25) is 9.78 Å². The van der Waals surface area contributed by atoms with Crippen LogP contribution in [0.4, 0.5) is 5.82 Å². The van der Waals surface area contributed by atoms with E-state index in [-0.39, 0.29) is 11.7 Å². The van der Waals surface area contributed by atoms with Gasteiger partial charge in [-0.15, -0.1) is 0 Å². The number of nitrogens with zero attached hydrogens (tertiary/aromatic N) is 6. The van der Waals surface area contributed by atoms with E-state index in [9.17, 15) is 4.79 Å². The second-order valence-corrected chi connectivity index (χ2v) is 5.64. The van der Waals surface area contributed by atoms with E-state index >= 15 is 0 Å². The quantitative estimate of drug-likeness (QED) is 0.731. The molecule has 0 unspecified atom stereocenters. The van der Waals surface area contributed by atoms with Gasteiger partial charge in [0, 0.05) is 25.8 Å². The average molecular weight is 343 g/mol. The zero-order chi connectivity index (χ0) is 17.4. The van der Waals surface area contributed by atoms with E-state index in [2.05, 4.69) is 24.9 Å². The van der Waals surface area contributed by atoms with Crippen molar-refractivity contribution in [2.75, 3.05) is 32.0 Å². The predicted octanol–water partition coefficient (Wildman–Crippen LogP) is 0.556. The summed E-state index contributed by atoms with van der Waals surface area (Å²) in [7, 11) is 0. The smallest absolute Gasteiger partial charge is 0.257 e. The molecule has 130 valence electrons. The maximum absolute atomic E-state index is 13.0. The lowest BCUT2D eigenvalue weighted by molar-refractivity contribution is 0.0303. The van der Waals surface area contributed by atoms with Gasteiger partial charge in [0.05, 0.1) is 30.5 Å². The molecule has 2 N–H and O–H groups in total. The molecule has 0 aromatic carbocycles. The highest BCUT2D eigenvalue weighted by Gasteiger charge is 2.25. The number of imidazole rings is 1. The van der Waals surface area contributed by atoms with Crippen LogP contribution in [-0.4, -0.2) is 62.0 Å². The fourth-order valence-electron chi connectivity index (χ4n) is 3.02. The third-order valence-corrected chi connectivity index (χ3v) is 4.22. The predicted molar refractivity (Wildman–Crippen MR) is 87.6 cm³/mol. The molecular formula is C15H17N7O3. The van der Waals surface area contributed by atoms with Gasteiger partial charge in [-0.25, -0.2) is 9.61 Å². The Balaban J connectivity index is 1.87. The molecule has 0 atom stereocenters. The summed E-state index contributed by atoms with van der Waals surface area (Å²) in [5.41, 5.74) is 7.95. The number of fused-ring (bicyclic) bond motifs is 1. The molecule has 4 rings (SSSR count). The van der Waals surface area contributed by atoms with E-state index in [0.717, 1.165) is 0 Å². The number of aryl methyl sites for hydroxylation is 1. The highest BCUT2D eigenvalue weighted by Crippen LogP contribution is 2.28. The van der Waals surface area contributed by atoms with E-state index in [1.807, 2.05) is 11.5 Å².